The Morgan fingerprint density at radius 3 is 2.79 bits per heavy atom. The Balaban J connectivity index is 2.99. The minimum atomic E-state index is -0.561. The molecule has 14 heavy (non-hydrogen) atoms. The summed E-state index contributed by atoms with van der Waals surface area (Å²) in [4.78, 5) is 11.5. The molecule has 1 nitrogen and oxygen atoms in total. The second kappa shape index (κ2) is 5.47. The lowest BCUT2D eigenvalue weighted by Crippen LogP contribution is -2.01. The van der Waals surface area contributed by atoms with Crippen LogP contribution in [-0.4, -0.2) is 11.7 Å². The summed E-state index contributed by atoms with van der Waals surface area (Å²) in [5, 5.41) is 0. The van der Waals surface area contributed by atoms with E-state index in [0.29, 0.717) is 15.6 Å². The van der Waals surface area contributed by atoms with E-state index in [2.05, 4.69) is 15.9 Å². The zero-order valence-corrected chi connectivity index (χ0v) is 9.74. The van der Waals surface area contributed by atoms with Gasteiger partial charge in [-0.1, -0.05) is 22.0 Å². The monoisotopic (exact) mass is 278 g/mol. The predicted molar refractivity (Wildman–Crippen MR) is 58.6 cm³/mol. The molecule has 0 saturated heterocycles. The Hall–Kier alpha value is -0.410. The zero-order chi connectivity index (χ0) is 10.6. The summed E-state index contributed by atoms with van der Waals surface area (Å²) in [7, 11) is 0. The summed E-state index contributed by atoms with van der Waals surface area (Å²) in [5.41, 5.74) is 1.01. The Kier molecular flexibility index (Phi) is 4.55. The van der Waals surface area contributed by atoms with E-state index in [4.69, 9.17) is 11.6 Å². The molecule has 0 bridgehead atoms. The normalized spacial score (nSPS) is 10.2. The van der Waals surface area contributed by atoms with Crippen LogP contribution in [0.25, 0.3) is 0 Å². The van der Waals surface area contributed by atoms with Crippen molar-refractivity contribution in [1.82, 2.24) is 0 Å². The van der Waals surface area contributed by atoms with Crippen molar-refractivity contribution >= 4 is 33.3 Å². The summed E-state index contributed by atoms with van der Waals surface area (Å²) in [6.45, 7) is -0.561. The van der Waals surface area contributed by atoms with Crippen LogP contribution in [0.5, 0.6) is 0 Å². The third kappa shape index (κ3) is 2.79. The number of carbonyl (C=O) groups is 1. The quantitative estimate of drug-likeness (QED) is 0.606. The van der Waals surface area contributed by atoms with Crippen molar-refractivity contribution in [2.24, 2.45) is 0 Å². The molecule has 0 aliphatic heterocycles. The van der Waals surface area contributed by atoms with Crippen molar-refractivity contribution in [1.29, 1.82) is 0 Å². The molecule has 0 aromatic heterocycles. The van der Waals surface area contributed by atoms with Crippen molar-refractivity contribution < 1.29 is 9.18 Å². The first-order valence-corrected chi connectivity index (χ1v) is 5.45. The van der Waals surface area contributed by atoms with Crippen LogP contribution in [0.4, 0.5) is 4.39 Å². The SMILES string of the molecule is O=C(CCCl)c1cc(CF)ccc1Br. The zero-order valence-electron chi connectivity index (χ0n) is 7.40. The van der Waals surface area contributed by atoms with Crippen LogP contribution >= 0.6 is 27.5 Å². The van der Waals surface area contributed by atoms with Gasteiger partial charge in [0, 0.05) is 22.3 Å². The standard InChI is InChI=1S/C10H9BrClFO/c11-9-2-1-7(6-13)5-8(9)10(14)3-4-12/h1-2,5H,3-4,6H2. The van der Waals surface area contributed by atoms with Gasteiger partial charge in [-0.05, 0) is 17.7 Å². The van der Waals surface area contributed by atoms with E-state index in [0.717, 1.165) is 0 Å². The number of alkyl halides is 2. The van der Waals surface area contributed by atoms with Gasteiger partial charge in [-0.15, -0.1) is 11.6 Å². The number of halogens is 3. The fraction of sp³-hybridized carbons (Fsp3) is 0.300. The van der Waals surface area contributed by atoms with Crippen LogP contribution in [0.2, 0.25) is 0 Å². The van der Waals surface area contributed by atoms with Crippen molar-refractivity contribution in [3.8, 4) is 0 Å². The molecule has 0 unspecified atom stereocenters. The lowest BCUT2D eigenvalue weighted by Gasteiger charge is -2.03. The van der Waals surface area contributed by atoms with Gasteiger partial charge in [0.15, 0.2) is 5.78 Å². The summed E-state index contributed by atoms with van der Waals surface area (Å²) in [5.74, 6) is 0.215. The highest BCUT2D eigenvalue weighted by Gasteiger charge is 2.09. The maximum Gasteiger partial charge on any atom is 0.165 e. The fourth-order valence-electron chi connectivity index (χ4n) is 1.09. The highest BCUT2D eigenvalue weighted by molar-refractivity contribution is 9.10. The van der Waals surface area contributed by atoms with Gasteiger partial charge in [-0.2, -0.15) is 0 Å². The Morgan fingerprint density at radius 2 is 2.21 bits per heavy atom. The molecule has 0 atom stereocenters. The number of hydrogen-bond acceptors (Lipinski definition) is 1. The lowest BCUT2D eigenvalue weighted by atomic mass is 10.1. The van der Waals surface area contributed by atoms with Crippen LogP contribution in [0.1, 0.15) is 22.3 Å². The average Bonchev–Trinajstić information content (AvgIpc) is 2.19. The molecule has 0 radical (unpaired) electrons. The summed E-state index contributed by atoms with van der Waals surface area (Å²) < 4.78 is 13.0. The molecule has 0 fully saturated rings. The fourth-order valence-corrected chi connectivity index (χ4v) is 1.73. The van der Waals surface area contributed by atoms with Crippen molar-refractivity contribution in [3.05, 3.63) is 33.8 Å². The van der Waals surface area contributed by atoms with Crippen molar-refractivity contribution in [2.45, 2.75) is 13.1 Å². The maximum atomic E-state index is 12.3. The van der Waals surface area contributed by atoms with E-state index < -0.39 is 6.67 Å². The Morgan fingerprint density at radius 1 is 1.50 bits per heavy atom. The summed E-state index contributed by atoms with van der Waals surface area (Å²) in [6.07, 6.45) is 0.274. The lowest BCUT2D eigenvalue weighted by molar-refractivity contribution is 0.0988. The average molecular weight is 280 g/mol. The molecule has 0 amide bonds. The Labute approximate surface area is 95.4 Å². The number of hydrogen-bond donors (Lipinski definition) is 0. The minimum absolute atomic E-state index is 0.0674. The summed E-state index contributed by atoms with van der Waals surface area (Å²) in [6, 6.07) is 4.87. The van der Waals surface area contributed by atoms with Crippen molar-refractivity contribution in [2.75, 3.05) is 5.88 Å². The number of Topliss-reactive ketones (excluding diaryl/α,β-unsaturated/α-hetero) is 1. The first-order chi connectivity index (χ1) is 6.69. The second-order valence-corrected chi connectivity index (χ2v) is 4.04. The molecule has 1 aromatic carbocycles. The molecular formula is C10H9BrClFO. The molecule has 1 aromatic rings. The van der Waals surface area contributed by atoms with Gasteiger partial charge in [-0.25, -0.2) is 4.39 Å². The van der Waals surface area contributed by atoms with Gasteiger partial charge in [0.05, 0.1) is 0 Å². The van der Waals surface area contributed by atoms with Crippen LogP contribution < -0.4 is 0 Å². The molecule has 0 spiro atoms. The van der Waals surface area contributed by atoms with Crippen LogP contribution in [0.15, 0.2) is 22.7 Å². The maximum absolute atomic E-state index is 12.3. The van der Waals surface area contributed by atoms with Crippen LogP contribution in [-0.2, 0) is 6.67 Å². The number of benzene rings is 1. The second-order valence-electron chi connectivity index (χ2n) is 2.81. The van der Waals surface area contributed by atoms with Gasteiger partial charge in [0.2, 0.25) is 0 Å². The molecule has 0 aliphatic carbocycles. The van der Waals surface area contributed by atoms with E-state index in [1.807, 2.05) is 0 Å². The van der Waals surface area contributed by atoms with Gasteiger partial charge >= 0.3 is 0 Å². The molecular weight excluding hydrogens is 270 g/mol. The van der Waals surface area contributed by atoms with E-state index in [9.17, 15) is 9.18 Å². The van der Waals surface area contributed by atoms with Gasteiger partial charge in [0.25, 0.3) is 0 Å². The van der Waals surface area contributed by atoms with E-state index in [-0.39, 0.29) is 18.1 Å². The topological polar surface area (TPSA) is 17.1 Å². The van der Waals surface area contributed by atoms with E-state index in [1.165, 1.54) is 0 Å². The van der Waals surface area contributed by atoms with Gasteiger partial charge < -0.3 is 0 Å². The summed E-state index contributed by atoms with van der Waals surface area (Å²) >= 11 is 8.71. The number of ketones is 1. The third-order valence-corrected chi connectivity index (χ3v) is 2.69. The van der Waals surface area contributed by atoms with Crippen LogP contribution in [0.3, 0.4) is 0 Å². The molecule has 0 aliphatic rings. The number of carbonyl (C=O) groups excluding carboxylic acids is 1. The van der Waals surface area contributed by atoms with Crippen LogP contribution in [0, 0.1) is 0 Å². The molecule has 0 heterocycles. The predicted octanol–water partition coefficient (Wildman–Crippen LogP) is 3.73. The third-order valence-electron chi connectivity index (χ3n) is 1.81. The molecule has 0 saturated carbocycles. The first kappa shape index (κ1) is 11.7. The highest BCUT2D eigenvalue weighted by Crippen LogP contribution is 2.20. The molecule has 4 heteroatoms. The largest absolute Gasteiger partial charge is 0.294 e. The number of rotatable bonds is 4. The van der Waals surface area contributed by atoms with E-state index >= 15 is 0 Å². The van der Waals surface area contributed by atoms with E-state index in [1.54, 1.807) is 18.2 Å². The van der Waals surface area contributed by atoms with Gasteiger partial charge in [-0.3, -0.25) is 4.79 Å². The van der Waals surface area contributed by atoms with Gasteiger partial charge in [0.1, 0.15) is 6.67 Å². The first-order valence-electron chi connectivity index (χ1n) is 4.12. The van der Waals surface area contributed by atoms with Crippen molar-refractivity contribution in [3.63, 3.8) is 0 Å². The Bertz CT molecular complexity index is 341. The molecule has 0 N–H and O–H groups in total. The smallest absolute Gasteiger partial charge is 0.165 e. The molecule has 76 valence electrons. The highest BCUT2D eigenvalue weighted by atomic mass is 79.9. The minimum Gasteiger partial charge on any atom is -0.294 e. The molecule has 1 rings (SSSR count).